The summed E-state index contributed by atoms with van der Waals surface area (Å²) in [5.41, 5.74) is 3.66. The van der Waals surface area contributed by atoms with E-state index in [4.69, 9.17) is 16.6 Å². The van der Waals surface area contributed by atoms with Crippen LogP contribution in [-0.2, 0) is 17.8 Å². The number of thiazole rings is 1. The fourth-order valence-corrected chi connectivity index (χ4v) is 4.48. The molecule has 0 N–H and O–H groups in total. The third-order valence-electron chi connectivity index (χ3n) is 4.42. The molecule has 0 saturated heterocycles. The number of hydrogen-bond acceptors (Lipinski definition) is 4. The maximum Gasteiger partial charge on any atom is 0.233 e. The SMILES string of the molecule is Cc1cc(Cl)cc2sc(N(Cc3ccccn3)C(=O)Cc3ccccc3)nc12. The number of rotatable bonds is 5. The van der Waals surface area contributed by atoms with Gasteiger partial charge in [-0.2, -0.15) is 0 Å². The van der Waals surface area contributed by atoms with E-state index < -0.39 is 0 Å². The number of aryl methyl sites for hydroxylation is 1. The number of aromatic nitrogens is 2. The number of halogens is 1. The quantitative estimate of drug-likeness (QED) is 0.443. The second kappa shape index (κ2) is 8.09. The van der Waals surface area contributed by atoms with Gasteiger partial charge in [-0.3, -0.25) is 14.7 Å². The zero-order chi connectivity index (χ0) is 19.5. The van der Waals surface area contributed by atoms with E-state index in [1.54, 1.807) is 11.1 Å². The molecular weight excluding hydrogens is 390 g/mol. The number of fused-ring (bicyclic) bond motifs is 1. The number of pyridine rings is 1. The molecule has 0 bridgehead atoms. The largest absolute Gasteiger partial charge is 0.282 e. The summed E-state index contributed by atoms with van der Waals surface area (Å²) < 4.78 is 0.971. The Labute approximate surface area is 172 Å². The molecule has 0 unspecified atom stereocenters. The Morgan fingerprint density at radius 3 is 2.64 bits per heavy atom. The first-order valence-electron chi connectivity index (χ1n) is 8.91. The Bertz CT molecular complexity index is 1110. The number of nitrogens with zero attached hydrogens (tertiary/aromatic N) is 3. The molecule has 140 valence electrons. The van der Waals surface area contributed by atoms with Gasteiger partial charge in [-0.25, -0.2) is 4.98 Å². The molecular formula is C22H18ClN3OS. The maximum absolute atomic E-state index is 13.2. The van der Waals surface area contributed by atoms with Crippen molar-refractivity contribution in [2.24, 2.45) is 0 Å². The molecule has 0 atom stereocenters. The van der Waals surface area contributed by atoms with E-state index in [0.29, 0.717) is 23.1 Å². The van der Waals surface area contributed by atoms with Gasteiger partial charge in [-0.1, -0.05) is 59.3 Å². The fourth-order valence-electron chi connectivity index (χ4n) is 3.04. The average Bonchev–Trinajstić information content (AvgIpc) is 3.11. The van der Waals surface area contributed by atoms with Gasteiger partial charge < -0.3 is 0 Å². The number of amides is 1. The number of benzene rings is 2. The van der Waals surface area contributed by atoms with Crippen molar-refractivity contribution in [3.63, 3.8) is 0 Å². The van der Waals surface area contributed by atoms with Crippen LogP contribution in [0.2, 0.25) is 5.02 Å². The minimum absolute atomic E-state index is 0.0142. The second-order valence-corrected chi connectivity index (χ2v) is 7.97. The summed E-state index contributed by atoms with van der Waals surface area (Å²) in [6, 6.07) is 19.2. The highest BCUT2D eigenvalue weighted by Crippen LogP contribution is 2.33. The normalized spacial score (nSPS) is 10.9. The van der Waals surface area contributed by atoms with Crippen molar-refractivity contribution in [2.45, 2.75) is 19.9 Å². The van der Waals surface area contributed by atoms with E-state index in [2.05, 4.69) is 4.98 Å². The van der Waals surface area contributed by atoms with Gasteiger partial charge in [0.2, 0.25) is 5.91 Å². The van der Waals surface area contributed by atoms with E-state index in [1.165, 1.54) is 11.3 Å². The van der Waals surface area contributed by atoms with Crippen molar-refractivity contribution in [3.8, 4) is 0 Å². The maximum atomic E-state index is 13.2. The molecule has 4 aromatic rings. The summed E-state index contributed by atoms with van der Waals surface area (Å²) in [5, 5.41) is 1.33. The Morgan fingerprint density at radius 1 is 1.11 bits per heavy atom. The lowest BCUT2D eigenvalue weighted by atomic mass is 10.1. The van der Waals surface area contributed by atoms with Gasteiger partial charge in [-0.15, -0.1) is 0 Å². The van der Waals surface area contributed by atoms with E-state index in [9.17, 15) is 4.79 Å². The van der Waals surface area contributed by atoms with Crippen molar-refractivity contribution < 1.29 is 4.79 Å². The standard InChI is InChI=1S/C22H18ClN3OS/c1-15-11-17(23)13-19-21(15)25-22(28-19)26(14-18-9-5-6-10-24-18)20(27)12-16-7-3-2-4-8-16/h2-11,13H,12,14H2,1H3. The Hall–Kier alpha value is -2.76. The molecule has 4 nitrogen and oxygen atoms in total. The van der Waals surface area contributed by atoms with Crippen LogP contribution in [0.1, 0.15) is 16.8 Å². The van der Waals surface area contributed by atoms with Gasteiger partial charge in [0.1, 0.15) is 0 Å². The zero-order valence-corrected chi connectivity index (χ0v) is 16.9. The van der Waals surface area contributed by atoms with Crippen LogP contribution in [0, 0.1) is 6.92 Å². The van der Waals surface area contributed by atoms with Crippen molar-refractivity contribution in [1.29, 1.82) is 0 Å². The van der Waals surface area contributed by atoms with Crippen LogP contribution >= 0.6 is 22.9 Å². The molecule has 0 spiro atoms. The van der Waals surface area contributed by atoms with Crippen LogP contribution < -0.4 is 4.90 Å². The molecule has 0 fully saturated rings. The predicted octanol–water partition coefficient (Wildman–Crippen LogP) is 5.43. The van der Waals surface area contributed by atoms with Crippen LogP contribution in [0.15, 0.2) is 66.9 Å². The molecule has 0 saturated carbocycles. The summed E-state index contributed by atoms with van der Waals surface area (Å²) in [7, 11) is 0. The van der Waals surface area contributed by atoms with Crippen molar-refractivity contribution in [1.82, 2.24) is 9.97 Å². The molecule has 2 heterocycles. The highest BCUT2D eigenvalue weighted by molar-refractivity contribution is 7.22. The fraction of sp³-hybridized carbons (Fsp3) is 0.136. The monoisotopic (exact) mass is 407 g/mol. The Balaban J connectivity index is 1.72. The van der Waals surface area contributed by atoms with Gasteiger partial charge in [-0.05, 0) is 42.3 Å². The molecule has 1 amide bonds. The van der Waals surface area contributed by atoms with Crippen molar-refractivity contribution >= 4 is 44.2 Å². The van der Waals surface area contributed by atoms with E-state index >= 15 is 0 Å². The summed E-state index contributed by atoms with van der Waals surface area (Å²) in [4.78, 5) is 24.0. The predicted molar refractivity (Wildman–Crippen MR) is 115 cm³/mol. The second-order valence-electron chi connectivity index (χ2n) is 6.53. The summed E-state index contributed by atoms with van der Waals surface area (Å²) in [5.74, 6) is -0.0142. The molecule has 2 aromatic heterocycles. The molecule has 0 aliphatic rings. The third kappa shape index (κ3) is 4.06. The lowest BCUT2D eigenvalue weighted by Crippen LogP contribution is -2.32. The number of hydrogen-bond donors (Lipinski definition) is 0. The minimum atomic E-state index is -0.0142. The number of carbonyl (C=O) groups excluding carboxylic acids is 1. The van der Waals surface area contributed by atoms with Crippen molar-refractivity contribution in [2.75, 3.05) is 4.90 Å². The summed E-state index contributed by atoms with van der Waals surface area (Å²) >= 11 is 7.67. The van der Waals surface area contributed by atoms with E-state index in [-0.39, 0.29) is 5.91 Å². The molecule has 4 rings (SSSR count). The van der Waals surface area contributed by atoms with Crippen LogP contribution in [-0.4, -0.2) is 15.9 Å². The molecule has 0 radical (unpaired) electrons. The van der Waals surface area contributed by atoms with Crippen LogP contribution in [0.5, 0.6) is 0 Å². The third-order valence-corrected chi connectivity index (χ3v) is 5.66. The van der Waals surface area contributed by atoms with Crippen LogP contribution in [0.25, 0.3) is 10.2 Å². The topological polar surface area (TPSA) is 46.1 Å². The Kier molecular flexibility index (Phi) is 5.37. The first-order chi connectivity index (χ1) is 13.6. The van der Waals surface area contributed by atoms with Gasteiger partial charge in [0.05, 0.1) is 28.9 Å². The summed E-state index contributed by atoms with van der Waals surface area (Å²) in [6.45, 7) is 2.35. The first kappa shape index (κ1) is 18.6. The van der Waals surface area contributed by atoms with Crippen LogP contribution in [0.3, 0.4) is 0 Å². The number of carbonyl (C=O) groups is 1. The number of anilines is 1. The highest BCUT2D eigenvalue weighted by atomic mass is 35.5. The van der Waals surface area contributed by atoms with E-state index in [1.807, 2.05) is 67.6 Å². The highest BCUT2D eigenvalue weighted by Gasteiger charge is 2.21. The summed E-state index contributed by atoms with van der Waals surface area (Å²) in [6.07, 6.45) is 2.04. The van der Waals surface area contributed by atoms with Crippen molar-refractivity contribution in [3.05, 3.63) is 88.7 Å². The molecule has 0 aliphatic carbocycles. The molecule has 2 aromatic carbocycles. The first-order valence-corrected chi connectivity index (χ1v) is 10.1. The minimum Gasteiger partial charge on any atom is -0.282 e. The lowest BCUT2D eigenvalue weighted by Gasteiger charge is -2.19. The average molecular weight is 408 g/mol. The van der Waals surface area contributed by atoms with Gasteiger partial charge in [0.15, 0.2) is 5.13 Å². The van der Waals surface area contributed by atoms with Gasteiger partial charge in [0, 0.05) is 11.2 Å². The lowest BCUT2D eigenvalue weighted by molar-refractivity contribution is -0.118. The molecule has 6 heteroatoms. The van der Waals surface area contributed by atoms with Crippen LogP contribution in [0.4, 0.5) is 5.13 Å². The van der Waals surface area contributed by atoms with Gasteiger partial charge in [0.25, 0.3) is 0 Å². The molecule has 28 heavy (non-hydrogen) atoms. The van der Waals surface area contributed by atoms with Gasteiger partial charge >= 0.3 is 0 Å². The zero-order valence-electron chi connectivity index (χ0n) is 15.3. The van der Waals surface area contributed by atoms with E-state index in [0.717, 1.165) is 27.0 Å². The molecule has 0 aliphatic heterocycles. The smallest absolute Gasteiger partial charge is 0.233 e. The Morgan fingerprint density at radius 2 is 1.89 bits per heavy atom.